The van der Waals surface area contributed by atoms with Crippen LogP contribution >= 0.6 is 0 Å². The Morgan fingerprint density at radius 3 is 1.68 bits per heavy atom. The molecule has 2 N–H and O–H groups in total. The second-order valence-corrected chi connectivity index (χ2v) is 10.2. The number of benzene rings is 1. The maximum Gasteiger partial charge on any atom is 0.323 e. The molecule has 40 heavy (non-hydrogen) atoms. The van der Waals surface area contributed by atoms with Crippen molar-refractivity contribution in [2.24, 2.45) is 5.73 Å². The average molecular weight is 564 g/mol. The van der Waals surface area contributed by atoms with Gasteiger partial charge in [0.2, 0.25) is 0 Å². The number of carbonyl (C=O) groups is 4. The van der Waals surface area contributed by atoms with Crippen LogP contribution in [0.25, 0.3) is 0 Å². The van der Waals surface area contributed by atoms with E-state index in [1.807, 2.05) is 13.8 Å². The molecule has 0 bridgehead atoms. The van der Waals surface area contributed by atoms with Crippen molar-refractivity contribution in [3.8, 4) is 11.5 Å². The van der Waals surface area contributed by atoms with Gasteiger partial charge in [-0.3, -0.25) is 19.2 Å². The lowest BCUT2D eigenvalue weighted by Gasteiger charge is -2.22. The highest BCUT2D eigenvalue weighted by atomic mass is 16.6. The number of hydrogen-bond acceptors (Lipinski definition) is 9. The first-order chi connectivity index (χ1) is 19.1. The van der Waals surface area contributed by atoms with Gasteiger partial charge in [0, 0.05) is 19.3 Å². The van der Waals surface area contributed by atoms with Crippen molar-refractivity contribution in [1.82, 2.24) is 0 Å². The predicted molar refractivity (Wildman–Crippen MR) is 153 cm³/mol. The first kappa shape index (κ1) is 35.1. The van der Waals surface area contributed by atoms with E-state index in [4.69, 9.17) is 24.7 Å². The number of esters is 4. The lowest BCUT2D eigenvalue weighted by molar-refractivity contribution is -0.166. The van der Waals surface area contributed by atoms with Crippen LogP contribution in [0.4, 0.5) is 0 Å². The molecule has 1 aromatic rings. The van der Waals surface area contributed by atoms with Gasteiger partial charge in [-0.25, -0.2) is 0 Å². The molecule has 1 aromatic carbocycles. The molecule has 0 amide bonds. The zero-order chi connectivity index (χ0) is 29.9. The Balaban J connectivity index is 2.84. The Kier molecular flexibility index (Phi) is 17.6. The second-order valence-electron chi connectivity index (χ2n) is 10.2. The van der Waals surface area contributed by atoms with Gasteiger partial charge >= 0.3 is 23.9 Å². The van der Waals surface area contributed by atoms with Crippen LogP contribution in [-0.2, 0) is 35.1 Å². The van der Waals surface area contributed by atoms with Crippen molar-refractivity contribution in [3.05, 3.63) is 23.8 Å². The molecular weight excluding hydrogens is 514 g/mol. The van der Waals surface area contributed by atoms with Crippen molar-refractivity contribution >= 4 is 23.9 Å². The molecule has 1 rings (SSSR count). The van der Waals surface area contributed by atoms with Crippen molar-refractivity contribution in [1.29, 1.82) is 0 Å². The molecule has 0 aliphatic carbocycles. The maximum atomic E-state index is 12.7. The van der Waals surface area contributed by atoms with Crippen LogP contribution in [0.3, 0.4) is 0 Å². The fourth-order valence-electron chi connectivity index (χ4n) is 3.81. The SMILES string of the molecule is CCCCCC(=O)Oc1ccc(C[C@H](N)C(=O)O[C@@H](C)C(C)OC(=O)CCCCC)cc1OC(=O)CCCCC. The fraction of sp³-hybridized carbons (Fsp3) is 0.677. The number of hydrogen-bond donors (Lipinski definition) is 1. The van der Waals surface area contributed by atoms with Crippen LogP contribution < -0.4 is 15.2 Å². The van der Waals surface area contributed by atoms with E-state index >= 15 is 0 Å². The summed E-state index contributed by atoms with van der Waals surface area (Å²) in [5.74, 6) is -1.54. The van der Waals surface area contributed by atoms with Crippen molar-refractivity contribution in [3.63, 3.8) is 0 Å². The number of rotatable bonds is 20. The molecule has 9 nitrogen and oxygen atoms in total. The zero-order valence-electron chi connectivity index (χ0n) is 25.0. The van der Waals surface area contributed by atoms with Gasteiger partial charge in [-0.15, -0.1) is 0 Å². The summed E-state index contributed by atoms with van der Waals surface area (Å²) in [4.78, 5) is 49.4. The highest BCUT2D eigenvalue weighted by Crippen LogP contribution is 2.30. The van der Waals surface area contributed by atoms with Crippen LogP contribution in [0.2, 0.25) is 0 Å². The lowest BCUT2D eigenvalue weighted by Crippen LogP contribution is -2.39. The Morgan fingerprint density at radius 1 is 0.675 bits per heavy atom. The van der Waals surface area contributed by atoms with E-state index < -0.39 is 36.2 Å². The van der Waals surface area contributed by atoms with Gasteiger partial charge in [0.25, 0.3) is 0 Å². The summed E-state index contributed by atoms with van der Waals surface area (Å²) in [5, 5.41) is 0. The van der Waals surface area contributed by atoms with E-state index in [-0.39, 0.29) is 36.7 Å². The Labute approximate surface area is 239 Å². The summed E-state index contributed by atoms with van der Waals surface area (Å²) in [7, 11) is 0. The molecule has 1 unspecified atom stereocenters. The molecule has 0 aromatic heterocycles. The molecule has 0 spiro atoms. The molecule has 0 fully saturated rings. The summed E-state index contributed by atoms with van der Waals surface area (Å²) < 4.78 is 21.9. The number of unbranched alkanes of at least 4 members (excludes halogenated alkanes) is 6. The molecule has 0 aliphatic rings. The van der Waals surface area contributed by atoms with Crippen LogP contribution in [0.5, 0.6) is 11.5 Å². The standard InChI is InChI=1S/C31H49NO8/c1-6-9-12-15-28(33)37-22(4)23(5)38-31(36)25(32)20-24-18-19-26(39-29(34)16-13-10-7-2)27(21-24)40-30(35)17-14-11-8-3/h18-19,21-23,25H,6-17,20,32H2,1-5H3/t22?,23-,25-/m0/s1. The van der Waals surface area contributed by atoms with E-state index in [1.165, 1.54) is 0 Å². The van der Waals surface area contributed by atoms with Gasteiger partial charge in [0.1, 0.15) is 18.2 Å². The number of carbonyl (C=O) groups excluding carboxylic acids is 4. The number of nitrogens with two attached hydrogens (primary N) is 1. The maximum absolute atomic E-state index is 12.7. The first-order valence-corrected chi connectivity index (χ1v) is 14.8. The molecule has 226 valence electrons. The molecule has 9 heteroatoms. The van der Waals surface area contributed by atoms with Gasteiger partial charge in [0.05, 0.1) is 0 Å². The summed E-state index contributed by atoms with van der Waals surface area (Å²) >= 11 is 0. The Hall–Kier alpha value is -2.94. The smallest absolute Gasteiger partial charge is 0.323 e. The summed E-state index contributed by atoms with van der Waals surface area (Å²) in [6, 6.07) is 3.76. The summed E-state index contributed by atoms with van der Waals surface area (Å²) in [6.07, 6.45) is 7.53. The monoisotopic (exact) mass is 563 g/mol. The Morgan fingerprint density at radius 2 is 1.15 bits per heavy atom. The molecule has 0 aliphatic heterocycles. The summed E-state index contributed by atoms with van der Waals surface area (Å²) in [5.41, 5.74) is 6.73. The van der Waals surface area contributed by atoms with Crippen molar-refractivity contribution < 1.29 is 38.1 Å². The van der Waals surface area contributed by atoms with Crippen LogP contribution in [-0.4, -0.2) is 42.1 Å². The molecule has 0 saturated carbocycles. The predicted octanol–water partition coefficient (Wildman–Crippen LogP) is 5.97. The molecule has 3 atom stereocenters. The van der Waals surface area contributed by atoms with Gasteiger partial charge in [0.15, 0.2) is 11.5 Å². The van der Waals surface area contributed by atoms with E-state index in [0.717, 1.165) is 44.9 Å². The quantitative estimate of drug-likeness (QED) is 0.116. The first-order valence-electron chi connectivity index (χ1n) is 14.8. The minimum atomic E-state index is -1.01. The molecular formula is C31H49NO8. The van der Waals surface area contributed by atoms with Crippen LogP contribution in [0, 0.1) is 0 Å². The Bertz CT molecular complexity index is 932. The number of ether oxygens (including phenoxy) is 4. The molecule has 0 heterocycles. The largest absolute Gasteiger partial charge is 0.459 e. The zero-order valence-corrected chi connectivity index (χ0v) is 25.0. The minimum absolute atomic E-state index is 0.0991. The molecule has 0 radical (unpaired) electrons. The average Bonchev–Trinajstić information content (AvgIpc) is 2.90. The third-order valence-corrected chi connectivity index (χ3v) is 6.45. The van der Waals surface area contributed by atoms with E-state index in [0.29, 0.717) is 24.8 Å². The normalized spacial score (nSPS) is 13.2. The van der Waals surface area contributed by atoms with Crippen LogP contribution in [0.15, 0.2) is 18.2 Å². The second kappa shape index (κ2) is 20.0. The fourth-order valence-corrected chi connectivity index (χ4v) is 3.81. The molecule has 0 saturated heterocycles. The highest BCUT2D eigenvalue weighted by molar-refractivity contribution is 5.77. The summed E-state index contributed by atoms with van der Waals surface area (Å²) in [6.45, 7) is 9.46. The van der Waals surface area contributed by atoms with E-state index in [1.54, 1.807) is 32.0 Å². The topological polar surface area (TPSA) is 131 Å². The third kappa shape index (κ3) is 14.4. The van der Waals surface area contributed by atoms with Gasteiger partial charge < -0.3 is 24.7 Å². The lowest BCUT2D eigenvalue weighted by atomic mass is 10.1. The highest BCUT2D eigenvalue weighted by Gasteiger charge is 2.25. The third-order valence-electron chi connectivity index (χ3n) is 6.45. The van der Waals surface area contributed by atoms with Crippen molar-refractivity contribution in [2.75, 3.05) is 0 Å². The van der Waals surface area contributed by atoms with Gasteiger partial charge in [-0.2, -0.15) is 0 Å². The van der Waals surface area contributed by atoms with Gasteiger partial charge in [-0.05, 0) is 57.2 Å². The van der Waals surface area contributed by atoms with Crippen LogP contribution in [0.1, 0.15) is 117 Å². The van der Waals surface area contributed by atoms with E-state index in [2.05, 4.69) is 6.92 Å². The van der Waals surface area contributed by atoms with Gasteiger partial charge in [-0.1, -0.05) is 65.4 Å². The minimum Gasteiger partial charge on any atom is -0.459 e. The van der Waals surface area contributed by atoms with E-state index in [9.17, 15) is 19.2 Å². The van der Waals surface area contributed by atoms with Crippen molar-refractivity contribution in [2.45, 2.75) is 136 Å².